The second kappa shape index (κ2) is 5.13. The molecular weight excluding hydrogens is 224 g/mol. The van der Waals surface area contributed by atoms with Crippen molar-refractivity contribution in [3.63, 3.8) is 0 Å². The molecule has 100 valence electrons. The van der Waals surface area contributed by atoms with Crippen LogP contribution in [-0.2, 0) is 10.2 Å². The summed E-state index contributed by atoms with van der Waals surface area (Å²) >= 11 is 0. The summed E-state index contributed by atoms with van der Waals surface area (Å²) in [6, 6.07) is 4.27. The molecule has 0 aromatic heterocycles. The van der Waals surface area contributed by atoms with E-state index in [9.17, 15) is 9.90 Å². The molecule has 0 aliphatic carbocycles. The van der Waals surface area contributed by atoms with Crippen LogP contribution in [0.1, 0.15) is 62.3 Å². The van der Waals surface area contributed by atoms with Crippen LogP contribution in [0.3, 0.4) is 0 Å². The lowest BCUT2D eigenvalue weighted by Gasteiger charge is -2.24. The fourth-order valence-corrected chi connectivity index (χ4v) is 2.46. The second-order valence-corrected chi connectivity index (χ2v) is 6.07. The SMILES string of the molecule is CCC(C(=O)O)c1c(C)cc(C(C)(C)C)cc1C. The maximum absolute atomic E-state index is 11.3. The Balaban J connectivity index is 3.37. The second-order valence-electron chi connectivity index (χ2n) is 6.07. The summed E-state index contributed by atoms with van der Waals surface area (Å²) in [6.45, 7) is 12.5. The van der Waals surface area contributed by atoms with Crippen LogP contribution in [-0.4, -0.2) is 11.1 Å². The van der Waals surface area contributed by atoms with Crippen molar-refractivity contribution in [3.05, 3.63) is 34.4 Å². The zero-order valence-electron chi connectivity index (χ0n) is 12.3. The Morgan fingerprint density at radius 1 is 1.22 bits per heavy atom. The van der Waals surface area contributed by atoms with E-state index in [1.54, 1.807) is 0 Å². The number of hydrogen-bond donors (Lipinski definition) is 1. The van der Waals surface area contributed by atoms with Crippen molar-refractivity contribution in [2.24, 2.45) is 0 Å². The Hall–Kier alpha value is -1.31. The molecule has 0 heterocycles. The van der Waals surface area contributed by atoms with E-state index in [0.29, 0.717) is 6.42 Å². The Morgan fingerprint density at radius 2 is 1.67 bits per heavy atom. The number of benzene rings is 1. The van der Waals surface area contributed by atoms with Gasteiger partial charge in [-0.2, -0.15) is 0 Å². The van der Waals surface area contributed by atoms with E-state index in [1.165, 1.54) is 5.56 Å². The third kappa shape index (κ3) is 2.92. The molecule has 0 saturated heterocycles. The summed E-state index contributed by atoms with van der Waals surface area (Å²) in [5, 5.41) is 9.30. The van der Waals surface area contributed by atoms with Crippen molar-refractivity contribution in [3.8, 4) is 0 Å². The molecule has 1 aromatic rings. The fraction of sp³-hybridized carbons (Fsp3) is 0.562. The maximum atomic E-state index is 11.3. The quantitative estimate of drug-likeness (QED) is 0.871. The first-order chi connectivity index (χ1) is 8.18. The molecule has 0 aliphatic rings. The lowest BCUT2D eigenvalue weighted by Crippen LogP contribution is -2.16. The third-order valence-electron chi connectivity index (χ3n) is 3.51. The van der Waals surface area contributed by atoms with Crippen LogP contribution in [0.2, 0.25) is 0 Å². The van der Waals surface area contributed by atoms with Crippen molar-refractivity contribution < 1.29 is 9.90 Å². The van der Waals surface area contributed by atoms with Crippen LogP contribution >= 0.6 is 0 Å². The summed E-state index contributed by atoms with van der Waals surface area (Å²) in [5.41, 5.74) is 4.53. The van der Waals surface area contributed by atoms with Crippen LogP contribution in [0, 0.1) is 13.8 Å². The third-order valence-corrected chi connectivity index (χ3v) is 3.51. The molecule has 0 spiro atoms. The molecule has 1 aromatic carbocycles. The number of rotatable bonds is 3. The van der Waals surface area contributed by atoms with Crippen LogP contribution in [0.15, 0.2) is 12.1 Å². The van der Waals surface area contributed by atoms with Crippen molar-refractivity contribution >= 4 is 5.97 Å². The first kappa shape index (κ1) is 14.7. The Kier molecular flexibility index (Phi) is 4.20. The molecule has 0 saturated carbocycles. The summed E-state index contributed by atoms with van der Waals surface area (Å²) < 4.78 is 0. The van der Waals surface area contributed by atoms with Gasteiger partial charge in [-0.05, 0) is 47.9 Å². The number of hydrogen-bond acceptors (Lipinski definition) is 1. The zero-order chi connectivity index (χ0) is 14.1. The van der Waals surface area contributed by atoms with E-state index in [2.05, 4.69) is 32.9 Å². The van der Waals surface area contributed by atoms with Crippen LogP contribution < -0.4 is 0 Å². The van der Waals surface area contributed by atoms with E-state index in [-0.39, 0.29) is 11.3 Å². The molecule has 0 bridgehead atoms. The van der Waals surface area contributed by atoms with Gasteiger partial charge in [-0.3, -0.25) is 4.79 Å². The fourth-order valence-electron chi connectivity index (χ4n) is 2.46. The zero-order valence-corrected chi connectivity index (χ0v) is 12.3. The molecule has 0 radical (unpaired) electrons. The molecule has 0 fully saturated rings. The van der Waals surface area contributed by atoms with Gasteiger partial charge in [-0.1, -0.05) is 39.8 Å². The predicted octanol–water partition coefficient (Wildman–Crippen LogP) is 4.18. The number of aryl methyl sites for hydroxylation is 2. The molecule has 1 unspecified atom stereocenters. The first-order valence-electron chi connectivity index (χ1n) is 6.53. The molecule has 18 heavy (non-hydrogen) atoms. The molecule has 1 rings (SSSR count). The smallest absolute Gasteiger partial charge is 0.310 e. The van der Waals surface area contributed by atoms with E-state index in [4.69, 9.17) is 0 Å². The van der Waals surface area contributed by atoms with Crippen molar-refractivity contribution in [2.75, 3.05) is 0 Å². The first-order valence-corrected chi connectivity index (χ1v) is 6.53. The number of carboxylic acid groups (broad SMARTS) is 1. The van der Waals surface area contributed by atoms with Gasteiger partial charge in [0.1, 0.15) is 0 Å². The summed E-state index contributed by atoms with van der Waals surface area (Å²) in [5.74, 6) is -1.12. The topological polar surface area (TPSA) is 37.3 Å². The van der Waals surface area contributed by atoms with Crippen molar-refractivity contribution in [2.45, 2.75) is 59.3 Å². The average Bonchev–Trinajstić information content (AvgIpc) is 2.20. The Morgan fingerprint density at radius 3 is 1.94 bits per heavy atom. The lowest BCUT2D eigenvalue weighted by molar-refractivity contribution is -0.138. The van der Waals surface area contributed by atoms with Crippen LogP contribution in [0.25, 0.3) is 0 Å². The van der Waals surface area contributed by atoms with Crippen LogP contribution in [0.4, 0.5) is 0 Å². The van der Waals surface area contributed by atoms with Gasteiger partial charge in [0.05, 0.1) is 5.92 Å². The van der Waals surface area contributed by atoms with Gasteiger partial charge in [0.15, 0.2) is 0 Å². The number of carbonyl (C=O) groups is 1. The summed E-state index contributed by atoms with van der Waals surface area (Å²) in [6.07, 6.45) is 0.631. The van der Waals surface area contributed by atoms with Gasteiger partial charge in [0.2, 0.25) is 0 Å². The highest BCUT2D eigenvalue weighted by atomic mass is 16.4. The van der Waals surface area contributed by atoms with Gasteiger partial charge in [-0.25, -0.2) is 0 Å². The molecular formula is C16H24O2. The lowest BCUT2D eigenvalue weighted by atomic mass is 9.81. The molecule has 0 amide bonds. The minimum Gasteiger partial charge on any atom is -0.481 e. The van der Waals surface area contributed by atoms with E-state index >= 15 is 0 Å². The molecule has 1 atom stereocenters. The highest BCUT2D eigenvalue weighted by Crippen LogP contribution is 2.32. The number of carboxylic acids is 1. The van der Waals surface area contributed by atoms with Crippen LogP contribution in [0.5, 0.6) is 0 Å². The minimum atomic E-state index is -0.729. The van der Waals surface area contributed by atoms with E-state index in [1.807, 2.05) is 20.8 Å². The highest BCUT2D eigenvalue weighted by molar-refractivity contribution is 5.77. The molecule has 2 heteroatoms. The van der Waals surface area contributed by atoms with Crippen molar-refractivity contribution in [1.29, 1.82) is 0 Å². The van der Waals surface area contributed by atoms with E-state index < -0.39 is 5.97 Å². The standard InChI is InChI=1S/C16H24O2/c1-7-13(15(17)18)14-10(2)8-12(9-11(14)3)16(4,5)6/h8-9,13H,7H2,1-6H3,(H,17,18). The van der Waals surface area contributed by atoms with E-state index in [0.717, 1.165) is 16.7 Å². The van der Waals surface area contributed by atoms with Gasteiger partial charge in [0, 0.05) is 0 Å². The van der Waals surface area contributed by atoms with Gasteiger partial charge in [0.25, 0.3) is 0 Å². The number of aliphatic carboxylic acids is 1. The van der Waals surface area contributed by atoms with Gasteiger partial charge >= 0.3 is 5.97 Å². The van der Waals surface area contributed by atoms with Crippen molar-refractivity contribution in [1.82, 2.24) is 0 Å². The highest BCUT2D eigenvalue weighted by Gasteiger charge is 2.23. The summed E-state index contributed by atoms with van der Waals surface area (Å²) in [7, 11) is 0. The predicted molar refractivity (Wildman–Crippen MR) is 75.3 cm³/mol. The minimum absolute atomic E-state index is 0.0962. The average molecular weight is 248 g/mol. The summed E-state index contributed by atoms with van der Waals surface area (Å²) in [4.78, 5) is 11.3. The van der Waals surface area contributed by atoms with Gasteiger partial charge in [-0.15, -0.1) is 0 Å². The molecule has 2 nitrogen and oxygen atoms in total. The monoisotopic (exact) mass is 248 g/mol. The largest absolute Gasteiger partial charge is 0.481 e. The molecule has 1 N–H and O–H groups in total. The Labute approximate surface area is 110 Å². The normalized spacial score (nSPS) is 13.4. The molecule has 0 aliphatic heterocycles. The van der Waals surface area contributed by atoms with Gasteiger partial charge < -0.3 is 5.11 Å². The Bertz CT molecular complexity index is 430. The maximum Gasteiger partial charge on any atom is 0.310 e.